The number of ether oxygens (including phenoxy) is 1. The molecule has 3 heterocycles. The van der Waals surface area contributed by atoms with Gasteiger partial charge in [0.15, 0.2) is 0 Å². The van der Waals surface area contributed by atoms with Crippen LogP contribution in [0.1, 0.15) is 16.1 Å². The minimum atomic E-state index is -0.101. The van der Waals surface area contributed by atoms with Gasteiger partial charge >= 0.3 is 0 Å². The van der Waals surface area contributed by atoms with Crippen molar-refractivity contribution in [3.05, 3.63) is 47.9 Å². The number of hydrogen-bond donors (Lipinski definition) is 2. The summed E-state index contributed by atoms with van der Waals surface area (Å²) in [5.41, 5.74) is 2.62. The highest BCUT2D eigenvalue weighted by molar-refractivity contribution is 5.98. The normalized spacial score (nSPS) is 17.4. The molecule has 1 aliphatic rings. The molecule has 0 fully saturated rings. The Labute approximate surface area is 126 Å². The van der Waals surface area contributed by atoms with Gasteiger partial charge in [0.1, 0.15) is 0 Å². The maximum absolute atomic E-state index is 12.2. The van der Waals surface area contributed by atoms with Crippen LogP contribution in [0, 0.1) is 0 Å². The van der Waals surface area contributed by atoms with Crippen LogP contribution >= 0.6 is 0 Å². The lowest BCUT2D eigenvalue weighted by molar-refractivity contribution is 0.00150. The van der Waals surface area contributed by atoms with E-state index in [4.69, 9.17) is 4.74 Å². The first-order valence-corrected chi connectivity index (χ1v) is 7.14. The Kier molecular flexibility index (Phi) is 3.12. The van der Waals surface area contributed by atoms with Crippen molar-refractivity contribution >= 4 is 16.8 Å². The lowest BCUT2D eigenvalue weighted by atomic mass is 10.1. The molecule has 4 rings (SSSR count). The highest BCUT2D eigenvalue weighted by Crippen LogP contribution is 2.15. The van der Waals surface area contributed by atoms with Crippen molar-refractivity contribution in [1.29, 1.82) is 0 Å². The van der Waals surface area contributed by atoms with Crippen LogP contribution < -0.4 is 5.32 Å². The van der Waals surface area contributed by atoms with Gasteiger partial charge in [-0.25, -0.2) is 4.68 Å². The number of H-pyrrole nitrogens is 1. The van der Waals surface area contributed by atoms with E-state index in [0.717, 1.165) is 16.6 Å². The monoisotopic (exact) mass is 297 g/mol. The molecule has 1 atom stereocenters. The first-order chi connectivity index (χ1) is 10.8. The standard InChI is InChI=1S/C15H15N5O2/c21-15(11-1-2-14-10(5-11)3-4-16-14)17-7-13-8-20-12(9-22-13)6-18-19-20/h1-6,13,16H,7-9H2,(H,17,21)/t13-/m1/s1. The van der Waals surface area contributed by atoms with Gasteiger partial charge in [0.25, 0.3) is 5.91 Å². The molecule has 7 nitrogen and oxygen atoms in total. The molecular weight excluding hydrogens is 282 g/mol. The number of amides is 1. The molecule has 3 aromatic rings. The summed E-state index contributed by atoms with van der Waals surface area (Å²) < 4.78 is 7.50. The second kappa shape index (κ2) is 5.27. The third-order valence-corrected chi connectivity index (χ3v) is 3.85. The Morgan fingerprint density at radius 1 is 1.45 bits per heavy atom. The van der Waals surface area contributed by atoms with Crippen LogP contribution in [0.3, 0.4) is 0 Å². The lowest BCUT2D eigenvalue weighted by Crippen LogP contribution is -2.39. The number of carbonyl (C=O) groups is 1. The minimum Gasteiger partial charge on any atom is -0.368 e. The molecule has 0 unspecified atom stereocenters. The fraction of sp³-hybridized carbons (Fsp3) is 0.267. The van der Waals surface area contributed by atoms with Crippen molar-refractivity contribution in [2.75, 3.05) is 6.54 Å². The number of rotatable bonds is 3. The average Bonchev–Trinajstić information content (AvgIpc) is 3.19. The zero-order valence-electron chi connectivity index (χ0n) is 11.8. The average molecular weight is 297 g/mol. The largest absolute Gasteiger partial charge is 0.368 e. The molecule has 1 aliphatic heterocycles. The summed E-state index contributed by atoms with van der Waals surface area (Å²) in [5, 5.41) is 11.8. The summed E-state index contributed by atoms with van der Waals surface area (Å²) in [6.45, 7) is 1.53. The molecule has 1 amide bonds. The number of nitrogens with zero attached hydrogens (tertiary/aromatic N) is 3. The van der Waals surface area contributed by atoms with E-state index in [-0.39, 0.29) is 12.0 Å². The number of aromatic nitrogens is 4. The third kappa shape index (κ3) is 2.35. The first kappa shape index (κ1) is 13.0. The molecule has 0 radical (unpaired) electrons. The second-order valence-electron chi connectivity index (χ2n) is 5.33. The molecule has 0 spiro atoms. The number of benzene rings is 1. The predicted octanol–water partition coefficient (Wildman–Crippen LogP) is 1.09. The van der Waals surface area contributed by atoms with Crippen molar-refractivity contribution in [2.45, 2.75) is 19.3 Å². The molecule has 7 heteroatoms. The van der Waals surface area contributed by atoms with E-state index in [0.29, 0.717) is 25.3 Å². The van der Waals surface area contributed by atoms with Crippen LogP contribution in [0.2, 0.25) is 0 Å². The van der Waals surface area contributed by atoms with E-state index >= 15 is 0 Å². The number of aromatic amines is 1. The van der Waals surface area contributed by atoms with Gasteiger partial charge in [-0.2, -0.15) is 0 Å². The zero-order valence-corrected chi connectivity index (χ0v) is 11.8. The van der Waals surface area contributed by atoms with Crippen LogP contribution in [-0.2, 0) is 17.9 Å². The second-order valence-corrected chi connectivity index (χ2v) is 5.33. The van der Waals surface area contributed by atoms with Crippen LogP contribution in [0.5, 0.6) is 0 Å². The molecule has 0 aliphatic carbocycles. The third-order valence-electron chi connectivity index (χ3n) is 3.85. The van der Waals surface area contributed by atoms with Gasteiger partial charge in [-0.15, -0.1) is 5.10 Å². The maximum Gasteiger partial charge on any atom is 0.251 e. The maximum atomic E-state index is 12.2. The van der Waals surface area contributed by atoms with Gasteiger partial charge in [-0.3, -0.25) is 4.79 Å². The van der Waals surface area contributed by atoms with Crippen molar-refractivity contribution in [2.24, 2.45) is 0 Å². The molecule has 0 bridgehead atoms. The van der Waals surface area contributed by atoms with Crippen molar-refractivity contribution < 1.29 is 9.53 Å². The molecular formula is C15H15N5O2. The lowest BCUT2D eigenvalue weighted by Gasteiger charge is -2.23. The van der Waals surface area contributed by atoms with Crippen LogP contribution in [-0.4, -0.2) is 38.5 Å². The van der Waals surface area contributed by atoms with Gasteiger partial charge in [0.05, 0.1) is 31.1 Å². The number of fused-ring (bicyclic) bond motifs is 2. The van der Waals surface area contributed by atoms with Crippen molar-refractivity contribution in [3.63, 3.8) is 0 Å². The van der Waals surface area contributed by atoms with Gasteiger partial charge in [-0.05, 0) is 24.3 Å². The van der Waals surface area contributed by atoms with Gasteiger partial charge in [-0.1, -0.05) is 5.21 Å². The summed E-state index contributed by atoms with van der Waals surface area (Å²) in [7, 11) is 0. The fourth-order valence-corrected chi connectivity index (χ4v) is 2.62. The Bertz CT molecular complexity index is 822. The molecule has 0 saturated carbocycles. The van der Waals surface area contributed by atoms with E-state index < -0.39 is 0 Å². The quantitative estimate of drug-likeness (QED) is 0.758. The number of nitrogens with one attached hydrogen (secondary N) is 2. The Balaban J connectivity index is 1.40. The highest BCUT2D eigenvalue weighted by atomic mass is 16.5. The zero-order chi connectivity index (χ0) is 14.9. The summed E-state index contributed by atoms with van der Waals surface area (Å²) in [6, 6.07) is 7.54. The summed E-state index contributed by atoms with van der Waals surface area (Å²) in [6.07, 6.45) is 3.47. The SMILES string of the molecule is O=C(NC[C@@H]1Cn2nncc2CO1)c1ccc2[nH]ccc2c1. The van der Waals surface area contributed by atoms with Crippen molar-refractivity contribution in [1.82, 2.24) is 25.3 Å². The Morgan fingerprint density at radius 2 is 2.41 bits per heavy atom. The van der Waals surface area contributed by atoms with E-state index in [9.17, 15) is 4.79 Å². The van der Waals surface area contributed by atoms with Gasteiger partial charge in [0, 0.05) is 29.2 Å². The molecule has 22 heavy (non-hydrogen) atoms. The van der Waals surface area contributed by atoms with E-state index in [1.165, 1.54) is 0 Å². The smallest absolute Gasteiger partial charge is 0.251 e. The molecule has 2 aromatic heterocycles. The molecule has 1 aromatic carbocycles. The molecule has 112 valence electrons. The molecule has 2 N–H and O–H groups in total. The van der Waals surface area contributed by atoms with E-state index in [1.54, 1.807) is 6.20 Å². The van der Waals surface area contributed by atoms with Crippen LogP contribution in [0.25, 0.3) is 10.9 Å². The summed E-state index contributed by atoms with van der Waals surface area (Å²) in [5.74, 6) is -0.101. The first-order valence-electron chi connectivity index (χ1n) is 7.14. The number of carbonyl (C=O) groups excluding carboxylic acids is 1. The minimum absolute atomic E-state index is 0.0888. The Morgan fingerprint density at radius 3 is 3.36 bits per heavy atom. The molecule has 0 saturated heterocycles. The Hall–Kier alpha value is -2.67. The highest BCUT2D eigenvalue weighted by Gasteiger charge is 2.20. The van der Waals surface area contributed by atoms with E-state index in [2.05, 4.69) is 20.6 Å². The van der Waals surface area contributed by atoms with Crippen LogP contribution in [0.15, 0.2) is 36.7 Å². The van der Waals surface area contributed by atoms with E-state index in [1.807, 2.05) is 35.1 Å². The van der Waals surface area contributed by atoms with Gasteiger partial charge in [0.2, 0.25) is 0 Å². The number of hydrogen-bond acceptors (Lipinski definition) is 4. The van der Waals surface area contributed by atoms with Crippen molar-refractivity contribution in [3.8, 4) is 0 Å². The fourth-order valence-electron chi connectivity index (χ4n) is 2.62. The topological polar surface area (TPSA) is 84.8 Å². The van der Waals surface area contributed by atoms with Gasteiger partial charge < -0.3 is 15.0 Å². The summed E-state index contributed by atoms with van der Waals surface area (Å²) in [4.78, 5) is 15.3. The predicted molar refractivity (Wildman–Crippen MR) is 79.2 cm³/mol. The van der Waals surface area contributed by atoms with Crippen LogP contribution in [0.4, 0.5) is 0 Å². The summed E-state index contributed by atoms with van der Waals surface area (Å²) >= 11 is 0.